The highest BCUT2D eigenvalue weighted by atomic mass is 32.2. The fraction of sp³-hybridized carbons (Fsp3) is 0.0182. The molecule has 0 saturated heterocycles. The summed E-state index contributed by atoms with van der Waals surface area (Å²) >= 11 is 1.93. The van der Waals surface area contributed by atoms with Gasteiger partial charge < -0.3 is 0 Å². The first-order valence-corrected chi connectivity index (χ1v) is 20.6. The molecule has 0 bridgehead atoms. The molecule has 0 unspecified atom stereocenters. The second kappa shape index (κ2) is 13.0. The monoisotopic (exact) mass is 754 g/mol. The molecule has 9 aromatic carbocycles. The van der Waals surface area contributed by atoms with E-state index in [1.165, 1.54) is 75.8 Å². The molecule has 3 heteroatoms. The molecule has 58 heavy (non-hydrogen) atoms. The molecule has 0 saturated carbocycles. The van der Waals surface area contributed by atoms with Crippen LogP contribution in [0.4, 0.5) is 0 Å². The zero-order valence-corrected chi connectivity index (χ0v) is 32.2. The number of fused-ring (bicyclic) bond motifs is 13. The van der Waals surface area contributed by atoms with Gasteiger partial charge in [0.25, 0.3) is 0 Å². The molecule has 0 fully saturated rings. The average Bonchev–Trinajstić information content (AvgIpc) is 3.59. The van der Waals surface area contributed by atoms with Crippen molar-refractivity contribution in [3.05, 3.63) is 229 Å². The van der Waals surface area contributed by atoms with E-state index in [0.29, 0.717) is 5.82 Å². The fourth-order valence-electron chi connectivity index (χ4n) is 9.49. The first-order chi connectivity index (χ1) is 28.7. The predicted molar refractivity (Wildman–Crippen MR) is 240 cm³/mol. The molecular weight excluding hydrogens is 721 g/mol. The normalized spacial score (nSPS) is 13.2. The van der Waals surface area contributed by atoms with Crippen molar-refractivity contribution in [1.29, 1.82) is 0 Å². The maximum Gasteiger partial charge on any atom is 0.160 e. The standard InChI is InChI=1S/C55H34N2S/c1-3-13-35(14-4-1)36-23-25-40(26-24-36)54-56-50(39-17-5-2-6-18-39)34-51(57-54)41-27-30-45-44-21-11-12-22-46(44)55(49(45)33-41)47-31-28-37-15-7-9-19-42(37)52(47)58-53-43-20-10-8-16-38(43)29-32-48(53)55/h1-34H. The van der Waals surface area contributed by atoms with Crippen LogP contribution in [-0.4, -0.2) is 9.97 Å². The van der Waals surface area contributed by atoms with Gasteiger partial charge in [-0.15, -0.1) is 0 Å². The molecule has 1 spiro atoms. The Bertz CT molecular complexity index is 3160. The lowest BCUT2D eigenvalue weighted by molar-refractivity contribution is 0.729. The average molecular weight is 755 g/mol. The van der Waals surface area contributed by atoms with E-state index in [4.69, 9.17) is 9.97 Å². The summed E-state index contributed by atoms with van der Waals surface area (Å²) in [6.07, 6.45) is 0. The van der Waals surface area contributed by atoms with Crippen LogP contribution >= 0.6 is 11.8 Å². The van der Waals surface area contributed by atoms with Crippen LogP contribution in [0.2, 0.25) is 0 Å². The maximum atomic E-state index is 5.37. The van der Waals surface area contributed by atoms with Crippen molar-refractivity contribution in [2.75, 3.05) is 0 Å². The minimum Gasteiger partial charge on any atom is -0.228 e. The Morgan fingerprint density at radius 3 is 1.50 bits per heavy atom. The Hall–Kier alpha value is -7.07. The van der Waals surface area contributed by atoms with Crippen LogP contribution in [0.1, 0.15) is 22.3 Å². The fourth-order valence-corrected chi connectivity index (χ4v) is 10.9. The minimum absolute atomic E-state index is 0.544. The van der Waals surface area contributed by atoms with Gasteiger partial charge in [0.15, 0.2) is 5.82 Å². The molecule has 270 valence electrons. The second-order valence-corrected chi connectivity index (χ2v) is 16.3. The predicted octanol–water partition coefficient (Wildman–Crippen LogP) is 14.3. The first-order valence-electron chi connectivity index (χ1n) is 19.8. The Morgan fingerprint density at radius 2 is 0.828 bits per heavy atom. The lowest BCUT2D eigenvalue weighted by Crippen LogP contribution is -2.32. The van der Waals surface area contributed by atoms with Crippen LogP contribution in [0.5, 0.6) is 0 Å². The van der Waals surface area contributed by atoms with Crippen molar-refractivity contribution in [1.82, 2.24) is 9.97 Å². The van der Waals surface area contributed by atoms with E-state index in [0.717, 1.165) is 28.1 Å². The van der Waals surface area contributed by atoms with Crippen LogP contribution in [0, 0.1) is 0 Å². The largest absolute Gasteiger partial charge is 0.228 e. The Labute approximate surface area is 341 Å². The van der Waals surface area contributed by atoms with Crippen molar-refractivity contribution in [2.45, 2.75) is 15.2 Å². The summed E-state index contributed by atoms with van der Waals surface area (Å²) in [5, 5.41) is 5.09. The van der Waals surface area contributed by atoms with E-state index >= 15 is 0 Å². The molecular formula is C55H34N2S. The third-order valence-electron chi connectivity index (χ3n) is 12.2. The van der Waals surface area contributed by atoms with Crippen LogP contribution in [0.25, 0.3) is 77.7 Å². The lowest BCUT2D eigenvalue weighted by atomic mass is 9.66. The summed E-state index contributed by atoms with van der Waals surface area (Å²) in [4.78, 5) is 13.2. The molecule has 0 N–H and O–H groups in total. The Balaban J connectivity index is 1.12. The van der Waals surface area contributed by atoms with Crippen LogP contribution in [0.15, 0.2) is 216 Å². The van der Waals surface area contributed by atoms with Gasteiger partial charge in [0.2, 0.25) is 0 Å². The molecule has 10 aromatic rings. The Morgan fingerprint density at radius 1 is 0.328 bits per heavy atom. The summed E-state index contributed by atoms with van der Waals surface area (Å²) in [6, 6.07) is 75.0. The quantitative estimate of drug-likeness (QED) is 0.179. The van der Waals surface area contributed by atoms with Gasteiger partial charge in [-0.2, -0.15) is 0 Å². The number of nitrogens with zero attached hydrogens (tertiary/aromatic N) is 2. The third-order valence-corrected chi connectivity index (χ3v) is 13.4. The third kappa shape index (κ3) is 4.93. The van der Waals surface area contributed by atoms with E-state index in [9.17, 15) is 0 Å². The smallest absolute Gasteiger partial charge is 0.160 e. The molecule has 1 aliphatic carbocycles. The van der Waals surface area contributed by atoms with Gasteiger partial charge in [0, 0.05) is 26.5 Å². The highest BCUT2D eigenvalue weighted by molar-refractivity contribution is 8.00. The van der Waals surface area contributed by atoms with Gasteiger partial charge in [0.05, 0.1) is 16.8 Å². The first kappa shape index (κ1) is 33.1. The minimum atomic E-state index is -0.544. The highest BCUT2D eigenvalue weighted by Crippen LogP contribution is 2.64. The van der Waals surface area contributed by atoms with Crippen molar-refractivity contribution in [2.24, 2.45) is 0 Å². The topological polar surface area (TPSA) is 25.8 Å². The zero-order chi connectivity index (χ0) is 38.2. The summed E-state index contributed by atoms with van der Waals surface area (Å²) in [5.41, 5.74) is 14.5. The molecule has 2 aliphatic rings. The lowest BCUT2D eigenvalue weighted by Gasteiger charge is -2.40. The molecule has 2 heterocycles. The molecule has 12 rings (SSSR count). The summed E-state index contributed by atoms with van der Waals surface area (Å²) in [5.74, 6) is 0.706. The SMILES string of the molecule is c1ccc(-c2ccc(-c3nc(-c4ccccc4)cc(-c4ccc5c(c4)C4(c6ccccc6-5)c5ccc6ccccc6c5Sc5c4ccc4ccccc54)n3)cc2)cc1. The van der Waals surface area contributed by atoms with Crippen molar-refractivity contribution in [3.63, 3.8) is 0 Å². The van der Waals surface area contributed by atoms with Gasteiger partial charge in [-0.05, 0) is 78.2 Å². The Kier molecular flexibility index (Phi) is 7.41. The summed E-state index contributed by atoms with van der Waals surface area (Å²) in [7, 11) is 0. The van der Waals surface area contributed by atoms with Crippen molar-refractivity contribution in [3.8, 4) is 56.2 Å². The molecule has 0 amide bonds. The van der Waals surface area contributed by atoms with Gasteiger partial charge >= 0.3 is 0 Å². The van der Waals surface area contributed by atoms with E-state index in [1.807, 2.05) is 11.8 Å². The molecule has 1 aromatic heterocycles. The van der Waals surface area contributed by atoms with Gasteiger partial charge in [0.1, 0.15) is 0 Å². The van der Waals surface area contributed by atoms with Crippen LogP contribution < -0.4 is 0 Å². The summed E-state index contributed by atoms with van der Waals surface area (Å²) < 4.78 is 0. The zero-order valence-electron chi connectivity index (χ0n) is 31.4. The number of aromatic nitrogens is 2. The molecule has 2 nitrogen and oxygen atoms in total. The van der Waals surface area contributed by atoms with E-state index in [-0.39, 0.29) is 0 Å². The maximum absolute atomic E-state index is 5.37. The van der Waals surface area contributed by atoms with Crippen molar-refractivity contribution >= 4 is 33.3 Å². The van der Waals surface area contributed by atoms with E-state index < -0.39 is 5.41 Å². The highest BCUT2D eigenvalue weighted by Gasteiger charge is 2.51. The number of rotatable bonds is 4. The van der Waals surface area contributed by atoms with Gasteiger partial charge in [-0.25, -0.2) is 9.97 Å². The number of hydrogen-bond acceptors (Lipinski definition) is 3. The van der Waals surface area contributed by atoms with Crippen LogP contribution in [0.3, 0.4) is 0 Å². The summed E-state index contributed by atoms with van der Waals surface area (Å²) in [6.45, 7) is 0. The van der Waals surface area contributed by atoms with E-state index in [2.05, 4.69) is 206 Å². The second-order valence-electron chi connectivity index (χ2n) is 15.3. The number of hydrogen-bond donors (Lipinski definition) is 0. The van der Waals surface area contributed by atoms with Gasteiger partial charge in [-0.3, -0.25) is 0 Å². The van der Waals surface area contributed by atoms with Gasteiger partial charge in [-0.1, -0.05) is 206 Å². The molecule has 1 aliphatic heterocycles. The molecule has 0 radical (unpaired) electrons. The van der Waals surface area contributed by atoms with Crippen molar-refractivity contribution < 1.29 is 0 Å². The molecule has 0 atom stereocenters. The van der Waals surface area contributed by atoms with E-state index in [1.54, 1.807) is 0 Å². The van der Waals surface area contributed by atoms with Crippen LogP contribution in [-0.2, 0) is 5.41 Å². The number of benzene rings is 9.